The van der Waals surface area contributed by atoms with Crippen LogP contribution in [-0.2, 0) is 40.1 Å². The van der Waals surface area contributed by atoms with E-state index >= 15 is 0 Å². The average Bonchev–Trinajstić information content (AvgIpc) is 2.86. The van der Waals surface area contributed by atoms with Crippen molar-refractivity contribution in [1.82, 2.24) is 10.2 Å². The van der Waals surface area contributed by atoms with E-state index in [0.29, 0.717) is 30.6 Å². The highest BCUT2D eigenvalue weighted by Gasteiger charge is 2.26. The Morgan fingerprint density at radius 2 is 1.39 bits per heavy atom. The van der Waals surface area contributed by atoms with Gasteiger partial charge in [0.05, 0.1) is 25.3 Å². The normalized spacial score (nSPS) is 14.1. The third-order valence-electron chi connectivity index (χ3n) is 5.81. The minimum Gasteiger partial charge on any atom is -0.465 e. The van der Waals surface area contributed by atoms with Gasteiger partial charge >= 0.3 is 18.0 Å². The molecule has 0 saturated heterocycles. The Bertz CT molecular complexity index is 1100. The summed E-state index contributed by atoms with van der Waals surface area (Å²) in [5.41, 5.74) is 5.36. The molecule has 36 heavy (non-hydrogen) atoms. The summed E-state index contributed by atoms with van der Waals surface area (Å²) >= 11 is 0. The van der Waals surface area contributed by atoms with Crippen molar-refractivity contribution < 1.29 is 28.6 Å². The highest BCUT2D eigenvalue weighted by atomic mass is 35.5. The fourth-order valence-corrected chi connectivity index (χ4v) is 4.00. The highest BCUT2D eigenvalue weighted by molar-refractivity contribution is 5.90. The number of hydrogen-bond acceptors (Lipinski definition) is 7. The zero-order valence-electron chi connectivity index (χ0n) is 21.5. The SMILES string of the molecule is COC(=O)c1ccc2c(c1)CCN(C(=O)OC(C)(C)C)C2.COC(=O)c1ccc2c(c1)CCNC2.Cl. The van der Waals surface area contributed by atoms with Gasteiger partial charge in [0, 0.05) is 19.6 Å². The van der Waals surface area contributed by atoms with Gasteiger partial charge in [-0.1, -0.05) is 12.1 Å². The first-order chi connectivity index (χ1) is 16.6. The van der Waals surface area contributed by atoms with Gasteiger partial charge in [-0.15, -0.1) is 12.4 Å². The number of esters is 2. The summed E-state index contributed by atoms with van der Waals surface area (Å²) in [6, 6.07) is 11.2. The minimum absolute atomic E-state index is 0. The number of halogens is 1. The molecule has 196 valence electrons. The number of methoxy groups -OCH3 is 2. The Kier molecular flexibility index (Phi) is 10.3. The van der Waals surface area contributed by atoms with Crippen LogP contribution >= 0.6 is 12.4 Å². The molecule has 1 amide bonds. The van der Waals surface area contributed by atoms with Crippen LogP contribution in [0.5, 0.6) is 0 Å². The Balaban J connectivity index is 0.000000265. The summed E-state index contributed by atoms with van der Waals surface area (Å²) in [7, 11) is 2.77. The first-order valence-corrected chi connectivity index (χ1v) is 11.7. The lowest BCUT2D eigenvalue weighted by atomic mass is 9.97. The van der Waals surface area contributed by atoms with Crippen LogP contribution in [-0.4, -0.2) is 55.8 Å². The molecular weight excluding hydrogens is 484 g/mol. The van der Waals surface area contributed by atoms with E-state index in [4.69, 9.17) is 9.47 Å². The molecule has 2 aromatic rings. The van der Waals surface area contributed by atoms with E-state index in [1.807, 2.05) is 51.1 Å². The maximum absolute atomic E-state index is 12.1. The van der Waals surface area contributed by atoms with E-state index in [1.54, 1.807) is 11.0 Å². The van der Waals surface area contributed by atoms with Crippen molar-refractivity contribution in [3.05, 3.63) is 69.8 Å². The van der Waals surface area contributed by atoms with Crippen LogP contribution in [0.1, 0.15) is 63.7 Å². The van der Waals surface area contributed by atoms with Crippen molar-refractivity contribution in [2.24, 2.45) is 0 Å². The van der Waals surface area contributed by atoms with Gasteiger partial charge < -0.3 is 24.4 Å². The summed E-state index contributed by atoms with van der Waals surface area (Å²) in [6.07, 6.45) is 1.39. The molecule has 2 heterocycles. The number of rotatable bonds is 2. The van der Waals surface area contributed by atoms with Gasteiger partial charge in [-0.3, -0.25) is 0 Å². The maximum atomic E-state index is 12.1. The van der Waals surface area contributed by atoms with E-state index in [2.05, 4.69) is 10.1 Å². The second-order valence-corrected chi connectivity index (χ2v) is 9.53. The first kappa shape index (κ1) is 29.1. The molecule has 0 radical (unpaired) electrons. The molecule has 4 rings (SSSR count). The van der Waals surface area contributed by atoms with E-state index in [9.17, 15) is 14.4 Å². The number of nitrogens with zero attached hydrogens (tertiary/aromatic N) is 1. The monoisotopic (exact) mass is 518 g/mol. The smallest absolute Gasteiger partial charge is 0.410 e. The standard InChI is InChI=1S/C16H21NO4.C11H13NO2.ClH/c1-16(2,3)21-15(19)17-8-7-11-9-12(14(18)20-4)5-6-13(11)10-17;1-14-11(13)9-2-3-10-7-12-5-4-8(10)6-9;/h5-6,9H,7-8,10H2,1-4H3;2-3,6,12H,4-5,7H2,1H3;1H. The zero-order chi connectivity index (χ0) is 25.6. The second kappa shape index (κ2) is 12.7. The third kappa shape index (κ3) is 7.70. The predicted molar refractivity (Wildman–Crippen MR) is 139 cm³/mol. The van der Waals surface area contributed by atoms with Crippen LogP contribution < -0.4 is 5.32 Å². The topological polar surface area (TPSA) is 94.2 Å². The van der Waals surface area contributed by atoms with E-state index < -0.39 is 5.60 Å². The molecule has 0 aromatic heterocycles. The lowest BCUT2D eigenvalue weighted by Gasteiger charge is -2.31. The van der Waals surface area contributed by atoms with Gasteiger partial charge in [-0.05, 0) is 86.7 Å². The van der Waals surface area contributed by atoms with Gasteiger partial charge in [0.15, 0.2) is 0 Å². The van der Waals surface area contributed by atoms with Crippen molar-refractivity contribution in [2.45, 2.75) is 52.3 Å². The number of amides is 1. The summed E-state index contributed by atoms with van der Waals surface area (Å²) < 4.78 is 14.8. The van der Waals surface area contributed by atoms with Crippen molar-refractivity contribution >= 4 is 30.4 Å². The van der Waals surface area contributed by atoms with Crippen molar-refractivity contribution in [3.8, 4) is 0 Å². The highest BCUT2D eigenvalue weighted by Crippen LogP contribution is 2.22. The Hall–Kier alpha value is -3.10. The summed E-state index contributed by atoms with van der Waals surface area (Å²) in [5, 5.41) is 3.29. The number of nitrogens with one attached hydrogen (secondary N) is 1. The van der Waals surface area contributed by atoms with Gasteiger partial charge in [-0.2, -0.15) is 0 Å². The van der Waals surface area contributed by atoms with Gasteiger partial charge in [-0.25, -0.2) is 14.4 Å². The van der Waals surface area contributed by atoms with Crippen LogP contribution in [0.25, 0.3) is 0 Å². The number of ether oxygens (including phenoxy) is 3. The van der Waals surface area contributed by atoms with Crippen molar-refractivity contribution in [2.75, 3.05) is 27.3 Å². The van der Waals surface area contributed by atoms with E-state index in [1.165, 1.54) is 25.3 Å². The lowest BCUT2D eigenvalue weighted by molar-refractivity contribution is 0.0223. The van der Waals surface area contributed by atoms with Gasteiger partial charge in [0.1, 0.15) is 5.60 Å². The molecule has 1 N–H and O–H groups in total. The molecule has 0 aliphatic carbocycles. The molecule has 0 spiro atoms. The fraction of sp³-hybridized carbons (Fsp3) is 0.444. The quantitative estimate of drug-likeness (QED) is 0.467. The number of carbonyl (C=O) groups is 3. The lowest BCUT2D eigenvalue weighted by Crippen LogP contribution is -2.39. The number of carbonyl (C=O) groups excluding carboxylic acids is 3. The van der Waals surface area contributed by atoms with E-state index in [0.717, 1.165) is 30.6 Å². The zero-order valence-corrected chi connectivity index (χ0v) is 22.3. The van der Waals surface area contributed by atoms with Gasteiger partial charge in [0.25, 0.3) is 0 Å². The molecule has 2 aromatic carbocycles. The van der Waals surface area contributed by atoms with E-state index in [-0.39, 0.29) is 30.4 Å². The molecule has 0 saturated carbocycles. The molecule has 0 atom stereocenters. The molecule has 8 nitrogen and oxygen atoms in total. The molecule has 2 aliphatic heterocycles. The molecule has 0 bridgehead atoms. The summed E-state index contributed by atoms with van der Waals surface area (Å²) in [5.74, 6) is -0.598. The molecular formula is C27H35ClN2O6. The van der Waals surface area contributed by atoms with Crippen LogP contribution in [0.4, 0.5) is 4.79 Å². The van der Waals surface area contributed by atoms with Crippen LogP contribution in [0, 0.1) is 0 Å². The molecule has 9 heteroatoms. The van der Waals surface area contributed by atoms with Crippen LogP contribution in [0.3, 0.4) is 0 Å². The largest absolute Gasteiger partial charge is 0.465 e. The fourth-order valence-electron chi connectivity index (χ4n) is 4.00. The summed E-state index contributed by atoms with van der Waals surface area (Å²) in [4.78, 5) is 36.5. The van der Waals surface area contributed by atoms with Crippen LogP contribution in [0.2, 0.25) is 0 Å². The Morgan fingerprint density at radius 3 is 1.94 bits per heavy atom. The van der Waals surface area contributed by atoms with Crippen molar-refractivity contribution in [1.29, 1.82) is 0 Å². The molecule has 0 fully saturated rings. The Labute approximate surface area is 218 Å². The maximum Gasteiger partial charge on any atom is 0.410 e. The first-order valence-electron chi connectivity index (χ1n) is 11.7. The molecule has 0 unspecified atom stereocenters. The second-order valence-electron chi connectivity index (χ2n) is 9.53. The Morgan fingerprint density at radius 1 is 0.833 bits per heavy atom. The molecule has 2 aliphatic rings. The average molecular weight is 519 g/mol. The van der Waals surface area contributed by atoms with Crippen molar-refractivity contribution in [3.63, 3.8) is 0 Å². The number of fused-ring (bicyclic) bond motifs is 2. The predicted octanol–water partition coefficient (Wildman–Crippen LogP) is 4.31. The van der Waals surface area contributed by atoms with Crippen LogP contribution in [0.15, 0.2) is 36.4 Å². The number of hydrogen-bond donors (Lipinski definition) is 1. The third-order valence-corrected chi connectivity index (χ3v) is 5.81. The summed E-state index contributed by atoms with van der Waals surface area (Å²) in [6.45, 7) is 8.54. The number of benzene rings is 2. The minimum atomic E-state index is -0.494. The van der Waals surface area contributed by atoms with Gasteiger partial charge in [0.2, 0.25) is 0 Å².